The van der Waals surface area contributed by atoms with Gasteiger partial charge in [0, 0.05) is 17.8 Å². The second-order valence-electron chi connectivity index (χ2n) is 2.46. The van der Waals surface area contributed by atoms with Crippen LogP contribution in [0.2, 0.25) is 0 Å². The fourth-order valence-corrected chi connectivity index (χ4v) is 1.74. The number of hydrogen-bond donors (Lipinski definition) is 1. The monoisotopic (exact) mass is 210 g/mol. The van der Waals surface area contributed by atoms with E-state index in [1.807, 2.05) is 0 Å². The third-order valence-electron chi connectivity index (χ3n) is 1.63. The minimum Gasteiger partial charge on any atom is -0.791 e. The molecule has 0 aliphatic heterocycles. The molecular formula is C7H4N3O3S-. The Hall–Kier alpha value is -1.89. The van der Waals surface area contributed by atoms with Crippen LogP contribution < -0.4 is 0 Å². The van der Waals surface area contributed by atoms with Gasteiger partial charge in [-0.3, -0.25) is 4.40 Å². The zero-order chi connectivity index (χ0) is 10.1. The summed E-state index contributed by atoms with van der Waals surface area (Å²) in [5.74, 6) is -1.37. The molecule has 0 spiro atoms. The number of aliphatic carboxylic acids is 1. The number of carboxylic acids is 1. The second-order valence-corrected chi connectivity index (χ2v) is 3.34. The quantitative estimate of drug-likeness (QED) is 0.585. The van der Waals surface area contributed by atoms with Crippen molar-refractivity contribution in [3.63, 3.8) is 0 Å². The van der Waals surface area contributed by atoms with Gasteiger partial charge in [-0.1, -0.05) is 0 Å². The van der Waals surface area contributed by atoms with E-state index in [-0.39, 0.29) is 5.69 Å². The molecule has 2 aromatic rings. The Balaban J connectivity index is 2.53. The highest BCUT2D eigenvalue weighted by atomic mass is 32.1. The molecular weight excluding hydrogens is 206 g/mol. The molecule has 72 valence electrons. The summed E-state index contributed by atoms with van der Waals surface area (Å²) in [7, 11) is 0. The lowest BCUT2D eigenvalue weighted by atomic mass is 10.3. The molecule has 0 saturated heterocycles. The minimum absolute atomic E-state index is 0.0827. The summed E-state index contributed by atoms with van der Waals surface area (Å²) in [6.45, 7) is 0. The maximum absolute atomic E-state index is 10.6. The number of nitrogens with zero attached hydrogens (tertiary/aromatic N) is 3. The second kappa shape index (κ2) is 3.11. The Morgan fingerprint density at radius 3 is 3.07 bits per heavy atom. The predicted octanol–water partition coefficient (Wildman–Crippen LogP) is 0.767. The molecule has 2 aromatic heterocycles. The molecule has 1 N–H and O–H groups in total. The van der Waals surface area contributed by atoms with Crippen molar-refractivity contribution in [2.75, 3.05) is 0 Å². The van der Waals surface area contributed by atoms with E-state index in [1.54, 1.807) is 16.0 Å². The predicted molar refractivity (Wildman–Crippen MR) is 50.6 cm³/mol. The van der Waals surface area contributed by atoms with Gasteiger partial charge in [0.25, 0.3) is 0 Å². The standard InChI is InChI=1S/C7H5N3O3S/c11-6(12)5(9-13)4-3-10-1-2-14-7(10)8-4/h1-3,13H,(H,11,12)/p-1/b9-5+. The van der Waals surface area contributed by atoms with Gasteiger partial charge in [0.15, 0.2) is 10.7 Å². The molecule has 0 amide bonds. The van der Waals surface area contributed by atoms with Gasteiger partial charge in [0.05, 0.1) is 0 Å². The zero-order valence-corrected chi connectivity index (χ0v) is 7.56. The summed E-state index contributed by atoms with van der Waals surface area (Å²) in [5.41, 5.74) is -0.486. The first-order chi connectivity index (χ1) is 6.72. The highest BCUT2D eigenvalue weighted by Gasteiger charge is 2.14. The maximum Gasteiger partial charge on any atom is 0.356 e. The number of fused-ring (bicyclic) bond motifs is 1. The maximum atomic E-state index is 10.6. The molecule has 0 radical (unpaired) electrons. The molecule has 0 aliphatic rings. The third kappa shape index (κ3) is 1.23. The van der Waals surface area contributed by atoms with Gasteiger partial charge in [-0.2, -0.15) is 0 Å². The van der Waals surface area contributed by atoms with Crippen molar-refractivity contribution >= 4 is 28.0 Å². The first-order valence-electron chi connectivity index (χ1n) is 3.58. The molecule has 0 atom stereocenters. The highest BCUT2D eigenvalue weighted by molar-refractivity contribution is 7.15. The van der Waals surface area contributed by atoms with Gasteiger partial charge in [-0.15, -0.1) is 11.3 Å². The SMILES string of the molecule is O=C(O)/C(=N/[O-])c1cn2ccsc2n1. The zero-order valence-electron chi connectivity index (χ0n) is 6.75. The number of imidazole rings is 1. The first-order valence-corrected chi connectivity index (χ1v) is 4.46. The average Bonchev–Trinajstić information content (AvgIpc) is 2.63. The molecule has 0 aliphatic carbocycles. The van der Waals surface area contributed by atoms with E-state index in [0.29, 0.717) is 4.96 Å². The highest BCUT2D eigenvalue weighted by Crippen LogP contribution is 2.12. The lowest BCUT2D eigenvalue weighted by Crippen LogP contribution is -2.14. The van der Waals surface area contributed by atoms with Gasteiger partial charge in [0.2, 0.25) is 0 Å². The van der Waals surface area contributed by atoms with Crippen LogP contribution in [0.1, 0.15) is 5.69 Å². The van der Waals surface area contributed by atoms with Crippen LogP contribution in [0.15, 0.2) is 22.9 Å². The van der Waals surface area contributed by atoms with E-state index in [4.69, 9.17) is 5.11 Å². The van der Waals surface area contributed by atoms with E-state index in [1.165, 1.54) is 17.5 Å². The average molecular weight is 210 g/mol. The number of carbonyl (C=O) groups is 1. The van der Waals surface area contributed by atoms with Gasteiger partial charge in [-0.25, -0.2) is 9.78 Å². The van der Waals surface area contributed by atoms with Gasteiger partial charge >= 0.3 is 5.97 Å². The molecule has 2 heterocycles. The van der Waals surface area contributed by atoms with Crippen LogP contribution in [0, 0.1) is 5.21 Å². The molecule has 0 unspecified atom stereocenters. The van der Waals surface area contributed by atoms with Crippen LogP contribution in [0.25, 0.3) is 4.96 Å². The van der Waals surface area contributed by atoms with Crippen molar-refractivity contribution in [3.8, 4) is 0 Å². The molecule has 6 nitrogen and oxygen atoms in total. The van der Waals surface area contributed by atoms with Crippen LogP contribution >= 0.6 is 11.3 Å². The molecule has 14 heavy (non-hydrogen) atoms. The van der Waals surface area contributed by atoms with Crippen molar-refractivity contribution < 1.29 is 9.90 Å². The van der Waals surface area contributed by atoms with Crippen LogP contribution in [0.5, 0.6) is 0 Å². The van der Waals surface area contributed by atoms with E-state index in [2.05, 4.69) is 10.1 Å². The molecule has 0 aromatic carbocycles. The Morgan fingerprint density at radius 2 is 2.50 bits per heavy atom. The van der Waals surface area contributed by atoms with Crippen molar-refractivity contribution in [3.05, 3.63) is 28.7 Å². The Kier molecular flexibility index (Phi) is 1.93. The molecule has 0 saturated carbocycles. The van der Waals surface area contributed by atoms with Gasteiger partial charge in [0.1, 0.15) is 5.69 Å². The summed E-state index contributed by atoms with van der Waals surface area (Å²) in [6, 6.07) is 0. The minimum atomic E-state index is -1.37. The number of aromatic nitrogens is 2. The smallest absolute Gasteiger partial charge is 0.356 e. The van der Waals surface area contributed by atoms with E-state index in [9.17, 15) is 10.0 Å². The van der Waals surface area contributed by atoms with Crippen molar-refractivity contribution in [1.29, 1.82) is 0 Å². The lowest BCUT2D eigenvalue weighted by molar-refractivity contribution is -0.129. The molecule has 0 bridgehead atoms. The van der Waals surface area contributed by atoms with Crippen LogP contribution in [-0.2, 0) is 4.79 Å². The van der Waals surface area contributed by atoms with Crippen LogP contribution in [0.3, 0.4) is 0 Å². The molecule has 7 heteroatoms. The summed E-state index contributed by atoms with van der Waals surface area (Å²) in [5, 5.41) is 23.1. The van der Waals surface area contributed by atoms with Crippen LogP contribution in [-0.4, -0.2) is 26.2 Å². The topological polar surface area (TPSA) is 90.0 Å². The Labute approximate surface area is 81.7 Å². The van der Waals surface area contributed by atoms with Crippen molar-refractivity contribution in [2.45, 2.75) is 0 Å². The number of hydrogen-bond acceptors (Lipinski definition) is 5. The fourth-order valence-electron chi connectivity index (χ4n) is 1.04. The molecule has 0 fully saturated rings. The Bertz CT molecular complexity index is 484. The number of carboxylic acid groups (broad SMARTS) is 1. The number of thiazole rings is 1. The van der Waals surface area contributed by atoms with E-state index >= 15 is 0 Å². The number of rotatable bonds is 2. The Morgan fingerprint density at radius 1 is 1.71 bits per heavy atom. The van der Waals surface area contributed by atoms with Crippen molar-refractivity contribution in [2.24, 2.45) is 5.16 Å². The largest absolute Gasteiger partial charge is 0.791 e. The van der Waals surface area contributed by atoms with Gasteiger partial charge in [-0.05, 0) is 0 Å². The van der Waals surface area contributed by atoms with E-state index in [0.717, 1.165) is 0 Å². The lowest BCUT2D eigenvalue weighted by Gasteiger charge is -1.97. The third-order valence-corrected chi connectivity index (χ3v) is 2.40. The summed E-state index contributed by atoms with van der Waals surface area (Å²) >= 11 is 1.35. The normalized spacial score (nSPS) is 12.1. The first kappa shape index (κ1) is 8.70. The molecule has 2 rings (SSSR count). The van der Waals surface area contributed by atoms with E-state index < -0.39 is 11.7 Å². The fraction of sp³-hybridized carbons (Fsp3) is 0. The summed E-state index contributed by atoms with van der Waals surface area (Å²) < 4.78 is 1.63. The summed E-state index contributed by atoms with van der Waals surface area (Å²) in [6.07, 6.45) is 3.18. The van der Waals surface area contributed by atoms with Crippen LogP contribution in [0.4, 0.5) is 0 Å². The van der Waals surface area contributed by atoms with Crippen molar-refractivity contribution in [1.82, 2.24) is 9.38 Å². The van der Waals surface area contributed by atoms with Gasteiger partial charge < -0.3 is 15.5 Å². The summed E-state index contributed by atoms with van der Waals surface area (Å²) in [4.78, 5) is 15.1.